The van der Waals surface area contributed by atoms with Crippen LogP contribution in [-0.4, -0.2) is 72.4 Å². The summed E-state index contributed by atoms with van der Waals surface area (Å²) in [7, 11) is 0. The lowest BCUT2D eigenvalue weighted by molar-refractivity contribution is 0.0302. The molecule has 0 spiro atoms. The molecule has 3 N–H and O–H groups in total. The second kappa shape index (κ2) is 7.04. The number of aliphatic hydroxyl groups excluding tert-OH is 1. The van der Waals surface area contributed by atoms with Gasteiger partial charge < -0.3 is 25.4 Å². The summed E-state index contributed by atoms with van der Waals surface area (Å²) in [4.78, 5) is 18.4. The fraction of sp³-hybridized carbons (Fsp3) is 0.600. The number of aliphatic hydroxyl groups is 1. The number of morpholine rings is 1. The van der Waals surface area contributed by atoms with Gasteiger partial charge in [-0.1, -0.05) is 0 Å². The van der Waals surface area contributed by atoms with Gasteiger partial charge in [0.05, 0.1) is 30.9 Å². The Bertz CT molecular complexity index is 502. The van der Waals surface area contributed by atoms with Crippen LogP contribution in [0.5, 0.6) is 0 Å². The van der Waals surface area contributed by atoms with Gasteiger partial charge in [-0.3, -0.25) is 4.79 Å². The Hall–Kier alpha value is -1.70. The van der Waals surface area contributed by atoms with Crippen LogP contribution in [0, 0.1) is 0 Å². The van der Waals surface area contributed by atoms with Crippen LogP contribution < -0.4 is 10.6 Å². The molecule has 0 unspecified atom stereocenters. The summed E-state index contributed by atoms with van der Waals surface area (Å²) in [5.41, 5.74) is 0.582. The smallest absolute Gasteiger partial charge is 0.255 e. The Morgan fingerprint density at radius 3 is 2.91 bits per heavy atom. The third-order valence-corrected chi connectivity index (χ3v) is 4.09. The van der Waals surface area contributed by atoms with E-state index in [0.29, 0.717) is 44.2 Å². The number of hydrogen-bond acceptors (Lipinski definition) is 6. The molecule has 1 amide bonds. The first-order valence-corrected chi connectivity index (χ1v) is 7.72. The zero-order chi connectivity index (χ0) is 15.4. The number of carbonyl (C=O) groups excluding carboxylic acids is 1. The molecule has 120 valence electrons. The molecule has 7 heteroatoms. The second-order valence-electron chi connectivity index (χ2n) is 5.65. The zero-order valence-electron chi connectivity index (χ0n) is 12.5. The minimum atomic E-state index is -0.426. The van der Waals surface area contributed by atoms with Crippen LogP contribution in [0.3, 0.4) is 0 Å². The van der Waals surface area contributed by atoms with E-state index in [1.165, 1.54) is 0 Å². The van der Waals surface area contributed by atoms with Crippen molar-refractivity contribution in [2.75, 3.05) is 44.7 Å². The summed E-state index contributed by atoms with van der Waals surface area (Å²) in [6, 6.07) is 3.57. The predicted molar refractivity (Wildman–Crippen MR) is 81.9 cm³/mol. The summed E-state index contributed by atoms with van der Waals surface area (Å²) < 4.78 is 5.25. The lowest BCUT2D eigenvalue weighted by Crippen LogP contribution is -2.47. The SMILES string of the molecule is O=C(c1ccc(N[C@@H]2CCNC[C@H]2O)nc1)N1CCOCC1. The van der Waals surface area contributed by atoms with E-state index in [1.54, 1.807) is 23.2 Å². The molecule has 3 rings (SSSR count). The maximum Gasteiger partial charge on any atom is 0.255 e. The van der Waals surface area contributed by atoms with Gasteiger partial charge in [-0.15, -0.1) is 0 Å². The Morgan fingerprint density at radius 1 is 1.41 bits per heavy atom. The van der Waals surface area contributed by atoms with Gasteiger partial charge in [0.2, 0.25) is 0 Å². The number of hydrogen-bond donors (Lipinski definition) is 3. The molecule has 22 heavy (non-hydrogen) atoms. The van der Waals surface area contributed by atoms with Gasteiger partial charge in [0.15, 0.2) is 0 Å². The van der Waals surface area contributed by atoms with E-state index >= 15 is 0 Å². The van der Waals surface area contributed by atoms with Crippen molar-refractivity contribution in [3.8, 4) is 0 Å². The number of nitrogens with zero attached hydrogens (tertiary/aromatic N) is 2. The van der Waals surface area contributed by atoms with E-state index < -0.39 is 6.10 Å². The molecule has 0 radical (unpaired) electrons. The topological polar surface area (TPSA) is 86.7 Å². The molecule has 2 saturated heterocycles. The highest BCUT2D eigenvalue weighted by Crippen LogP contribution is 2.13. The molecular weight excluding hydrogens is 284 g/mol. The van der Waals surface area contributed by atoms with Crippen molar-refractivity contribution < 1.29 is 14.6 Å². The number of anilines is 1. The fourth-order valence-corrected chi connectivity index (χ4v) is 2.76. The summed E-state index contributed by atoms with van der Waals surface area (Å²) in [5, 5.41) is 16.3. The number of nitrogens with one attached hydrogen (secondary N) is 2. The number of aromatic nitrogens is 1. The summed E-state index contributed by atoms with van der Waals surface area (Å²) >= 11 is 0. The lowest BCUT2D eigenvalue weighted by atomic mass is 10.0. The predicted octanol–water partition coefficient (Wildman–Crippen LogP) is -0.311. The maximum atomic E-state index is 12.3. The second-order valence-corrected chi connectivity index (χ2v) is 5.65. The van der Waals surface area contributed by atoms with E-state index in [9.17, 15) is 9.90 Å². The van der Waals surface area contributed by atoms with Crippen LogP contribution in [0.4, 0.5) is 5.82 Å². The van der Waals surface area contributed by atoms with Crippen molar-refractivity contribution in [1.82, 2.24) is 15.2 Å². The molecule has 2 fully saturated rings. The number of carbonyl (C=O) groups is 1. The fourth-order valence-electron chi connectivity index (χ4n) is 2.76. The first-order valence-electron chi connectivity index (χ1n) is 7.72. The molecule has 2 aliphatic heterocycles. The van der Waals surface area contributed by atoms with Crippen LogP contribution in [0.25, 0.3) is 0 Å². The first-order chi connectivity index (χ1) is 10.7. The van der Waals surface area contributed by atoms with Gasteiger partial charge in [0.1, 0.15) is 5.82 Å². The minimum Gasteiger partial charge on any atom is -0.390 e. The highest BCUT2D eigenvalue weighted by Gasteiger charge is 2.23. The molecule has 2 aliphatic rings. The van der Waals surface area contributed by atoms with Crippen LogP contribution in [0.1, 0.15) is 16.8 Å². The first kappa shape index (κ1) is 15.2. The van der Waals surface area contributed by atoms with Crippen molar-refractivity contribution in [1.29, 1.82) is 0 Å². The van der Waals surface area contributed by atoms with E-state index in [0.717, 1.165) is 13.0 Å². The van der Waals surface area contributed by atoms with Crippen LogP contribution in [-0.2, 0) is 4.74 Å². The van der Waals surface area contributed by atoms with Crippen LogP contribution in [0.15, 0.2) is 18.3 Å². The molecule has 1 aromatic rings. The highest BCUT2D eigenvalue weighted by molar-refractivity contribution is 5.94. The summed E-state index contributed by atoms with van der Waals surface area (Å²) in [6.07, 6.45) is 2.01. The number of β-amino-alcohol motifs (C(OH)–C–C–N with tert-alkyl or cyclic N) is 1. The average Bonchev–Trinajstić information content (AvgIpc) is 2.58. The molecule has 0 aliphatic carbocycles. The standard InChI is InChI=1S/C15H22N4O3/c20-13-10-16-4-3-12(13)18-14-2-1-11(9-17-14)15(21)19-5-7-22-8-6-19/h1-2,9,12-13,16,20H,3-8,10H2,(H,17,18)/t12-,13-/m1/s1. The third kappa shape index (κ3) is 3.55. The highest BCUT2D eigenvalue weighted by atomic mass is 16.5. The van der Waals surface area contributed by atoms with Crippen molar-refractivity contribution >= 4 is 11.7 Å². The molecule has 3 heterocycles. The Labute approximate surface area is 129 Å². The van der Waals surface area contributed by atoms with Crippen molar-refractivity contribution in [3.63, 3.8) is 0 Å². The monoisotopic (exact) mass is 306 g/mol. The van der Waals surface area contributed by atoms with Crippen LogP contribution >= 0.6 is 0 Å². The summed E-state index contributed by atoms with van der Waals surface area (Å²) in [6.45, 7) is 3.90. The van der Waals surface area contributed by atoms with Crippen molar-refractivity contribution in [2.24, 2.45) is 0 Å². The maximum absolute atomic E-state index is 12.3. The molecule has 0 aromatic carbocycles. The van der Waals surface area contributed by atoms with Crippen molar-refractivity contribution in [2.45, 2.75) is 18.6 Å². The average molecular weight is 306 g/mol. The van der Waals surface area contributed by atoms with Gasteiger partial charge in [-0.25, -0.2) is 4.98 Å². The van der Waals surface area contributed by atoms with E-state index in [1.807, 2.05) is 0 Å². The number of rotatable bonds is 3. The van der Waals surface area contributed by atoms with Gasteiger partial charge in [0, 0.05) is 25.8 Å². The minimum absolute atomic E-state index is 0.00505. The van der Waals surface area contributed by atoms with Gasteiger partial charge in [0.25, 0.3) is 5.91 Å². The van der Waals surface area contributed by atoms with Gasteiger partial charge >= 0.3 is 0 Å². The Kier molecular flexibility index (Phi) is 4.87. The largest absolute Gasteiger partial charge is 0.390 e. The molecular formula is C15H22N4O3. The van der Waals surface area contributed by atoms with Crippen molar-refractivity contribution in [3.05, 3.63) is 23.9 Å². The van der Waals surface area contributed by atoms with Gasteiger partial charge in [-0.2, -0.15) is 0 Å². The van der Waals surface area contributed by atoms with E-state index in [-0.39, 0.29) is 11.9 Å². The molecule has 0 bridgehead atoms. The zero-order valence-corrected chi connectivity index (χ0v) is 12.5. The number of pyridine rings is 1. The molecule has 2 atom stereocenters. The molecule has 1 aromatic heterocycles. The van der Waals surface area contributed by atoms with Gasteiger partial charge in [-0.05, 0) is 25.1 Å². The summed E-state index contributed by atoms with van der Waals surface area (Å²) in [5.74, 6) is 0.675. The normalized spacial score (nSPS) is 25.8. The third-order valence-electron chi connectivity index (χ3n) is 4.09. The molecule has 7 nitrogen and oxygen atoms in total. The molecule has 0 saturated carbocycles. The van der Waals surface area contributed by atoms with E-state index in [4.69, 9.17) is 4.74 Å². The Morgan fingerprint density at radius 2 is 2.23 bits per heavy atom. The van der Waals surface area contributed by atoms with E-state index in [2.05, 4.69) is 15.6 Å². The number of amides is 1. The quantitative estimate of drug-likeness (QED) is 0.710. The van der Waals surface area contributed by atoms with Crippen LogP contribution in [0.2, 0.25) is 0 Å². The number of ether oxygens (including phenoxy) is 1. The Balaban J connectivity index is 1.60. The lowest BCUT2D eigenvalue weighted by Gasteiger charge is -2.29. The number of piperidine rings is 1.